The van der Waals surface area contributed by atoms with Crippen molar-refractivity contribution in [2.75, 3.05) is 4.90 Å². The quantitative estimate of drug-likeness (QED) is 0.415. The molecule has 4 aromatic carbocycles. The molecule has 0 unspecified atom stereocenters. The number of aromatic hydroxyl groups is 1. The molecule has 2 nitrogen and oxygen atoms in total. The van der Waals surface area contributed by atoms with E-state index in [-0.39, 0.29) is 5.75 Å². The van der Waals surface area contributed by atoms with E-state index in [1.54, 1.807) is 12.1 Å². The second kappa shape index (κ2) is 7.61. The van der Waals surface area contributed by atoms with Crippen LogP contribution in [0.15, 0.2) is 97.1 Å². The van der Waals surface area contributed by atoms with Crippen molar-refractivity contribution in [1.82, 2.24) is 0 Å². The van der Waals surface area contributed by atoms with Crippen LogP contribution in [0.2, 0.25) is 0 Å². The number of hydrogen-bond donors (Lipinski definition) is 1. The predicted molar refractivity (Wildman–Crippen MR) is 118 cm³/mol. The predicted octanol–water partition coefficient (Wildman–Crippen LogP) is 7.15. The van der Waals surface area contributed by atoms with Crippen LogP contribution < -0.4 is 4.90 Å². The molecule has 4 rings (SSSR count). The Morgan fingerprint density at radius 1 is 0.536 bits per heavy atom. The highest BCUT2D eigenvalue weighted by Gasteiger charge is 2.12. The standard InChI is InChI=1S/C26H23NO/c1-19-6-12-23(13-7-19)27(24-14-8-20(2)9-15-24)25-16-10-21(11-17-25)22-4-3-5-26(28)18-22/h3-18,28H,1-2H3. The molecule has 0 atom stereocenters. The topological polar surface area (TPSA) is 23.5 Å². The Kier molecular flexibility index (Phi) is 4.86. The molecular formula is C26H23NO. The van der Waals surface area contributed by atoms with E-state index < -0.39 is 0 Å². The Hall–Kier alpha value is -3.52. The summed E-state index contributed by atoms with van der Waals surface area (Å²) < 4.78 is 0. The van der Waals surface area contributed by atoms with Crippen LogP contribution in [0.1, 0.15) is 11.1 Å². The van der Waals surface area contributed by atoms with Gasteiger partial charge in [0.1, 0.15) is 5.75 Å². The van der Waals surface area contributed by atoms with E-state index >= 15 is 0 Å². The summed E-state index contributed by atoms with van der Waals surface area (Å²) in [5.41, 5.74) is 7.91. The molecule has 0 amide bonds. The van der Waals surface area contributed by atoms with Gasteiger partial charge in [0, 0.05) is 17.1 Å². The molecule has 0 fully saturated rings. The number of phenolic OH excluding ortho intramolecular Hbond substituents is 1. The number of rotatable bonds is 4. The molecule has 0 aliphatic heterocycles. The zero-order valence-corrected chi connectivity index (χ0v) is 16.1. The lowest BCUT2D eigenvalue weighted by Gasteiger charge is -2.26. The van der Waals surface area contributed by atoms with Gasteiger partial charge in [-0.1, -0.05) is 59.7 Å². The molecule has 0 aliphatic rings. The van der Waals surface area contributed by atoms with Crippen LogP contribution >= 0.6 is 0 Å². The summed E-state index contributed by atoms with van der Waals surface area (Å²) >= 11 is 0. The van der Waals surface area contributed by atoms with Gasteiger partial charge in [0.2, 0.25) is 0 Å². The van der Waals surface area contributed by atoms with Crippen molar-refractivity contribution in [3.8, 4) is 16.9 Å². The molecule has 0 saturated carbocycles. The summed E-state index contributed by atoms with van der Waals surface area (Å²) in [5.74, 6) is 0.280. The monoisotopic (exact) mass is 365 g/mol. The van der Waals surface area contributed by atoms with Gasteiger partial charge in [0.15, 0.2) is 0 Å². The van der Waals surface area contributed by atoms with Crippen LogP contribution in [0.5, 0.6) is 5.75 Å². The first-order valence-electron chi connectivity index (χ1n) is 9.43. The molecule has 0 heterocycles. The fourth-order valence-corrected chi connectivity index (χ4v) is 3.32. The third-order valence-corrected chi connectivity index (χ3v) is 4.89. The van der Waals surface area contributed by atoms with Gasteiger partial charge in [0.25, 0.3) is 0 Å². The van der Waals surface area contributed by atoms with E-state index in [1.807, 2.05) is 12.1 Å². The van der Waals surface area contributed by atoms with Gasteiger partial charge >= 0.3 is 0 Å². The number of benzene rings is 4. The van der Waals surface area contributed by atoms with E-state index in [0.717, 1.165) is 28.2 Å². The van der Waals surface area contributed by atoms with Crippen molar-refractivity contribution in [2.24, 2.45) is 0 Å². The Labute approximate surface area is 166 Å². The van der Waals surface area contributed by atoms with E-state index in [4.69, 9.17) is 0 Å². The fourth-order valence-electron chi connectivity index (χ4n) is 3.32. The number of hydrogen-bond acceptors (Lipinski definition) is 2. The molecule has 2 heteroatoms. The van der Waals surface area contributed by atoms with Crippen LogP contribution in [-0.2, 0) is 0 Å². The normalized spacial score (nSPS) is 10.6. The summed E-state index contributed by atoms with van der Waals surface area (Å²) in [6.45, 7) is 4.20. The van der Waals surface area contributed by atoms with Gasteiger partial charge < -0.3 is 10.0 Å². The second-order valence-electron chi connectivity index (χ2n) is 7.10. The van der Waals surface area contributed by atoms with Crippen molar-refractivity contribution >= 4 is 17.1 Å². The number of anilines is 3. The van der Waals surface area contributed by atoms with Crippen LogP contribution in [0.4, 0.5) is 17.1 Å². The SMILES string of the molecule is Cc1ccc(N(c2ccc(C)cc2)c2ccc(-c3cccc(O)c3)cc2)cc1. The largest absolute Gasteiger partial charge is 0.508 e. The molecule has 28 heavy (non-hydrogen) atoms. The minimum Gasteiger partial charge on any atom is -0.508 e. The summed E-state index contributed by atoms with van der Waals surface area (Å²) in [6.07, 6.45) is 0. The minimum atomic E-state index is 0.280. The maximum absolute atomic E-state index is 9.75. The Morgan fingerprint density at radius 3 is 1.46 bits per heavy atom. The van der Waals surface area contributed by atoms with Crippen molar-refractivity contribution < 1.29 is 5.11 Å². The Bertz CT molecular complexity index is 1020. The maximum Gasteiger partial charge on any atom is 0.116 e. The summed E-state index contributed by atoms with van der Waals surface area (Å²) in [5, 5.41) is 9.75. The van der Waals surface area contributed by atoms with Crippen molar-refractivity contribution in [3.63, 3.8) is 0 Å². The number of aryl methyl sites for hydroxylation is 2. The molecular weight excluding hydrogens is 342 g/mol. The van der Waals surface area contributed by atoms with Crippen molar-refractivity contribution in [1.29, 1.82) is 0 Å². The summed E-state index contributed by atoms with van der Waals surface area (Å²) in [6, 6.07) is 32.9. The third kappa shape index (κ3) is 3.77. The van der Waals surface area contributed by atoms with Crippen molar-refractivity contribution in [3.05, 3.63) is 108 Å². The molecule has 0 saturated heterocycles. The highest BCUT2D eigenvalue weighted by Crippen LogP contribution is 2.36. The number of nitrogens with zero attached hydrogens (tertiary/aromatic N) is 1. The average Bonchev–Trinajstić information content (AvgIpc) is 2.72. The van der Waals surface area contributed by atoms with E-state index in [1.165, 1.54) is 11.1 Å². The fraction of sp³-hybridized carbons (Fsp3) is 0.0769. The van der Waals surface area contributed by atoms with Crippen LogP contribution in [0.25, 0.3) is 11.1 Å². The Balaban J connectivity index is 1.76. The van der Waals surface area contributed by atoms with Gasteiger partial charge in [-0.05, 0) is 73.5 Å². The second-order valence-corrected chi connectivity index (χ2v) is 7.10. The zero-order valence-electron chi connectivity index (χ0n) is 16.1. The zero-order chi connectivity index (χ0) is 19.5. The van der Waals surface area contributed by atoms with Gasteiger partial charge in [-0.15, -0.1) is 0 Å². The summed E-state index contributed by atoms with van der Waals surface area (Å²) in [7, 11) is 0. The first-order chi connectivity index (χ1) is 13.6. The minimum absolute atomic E-state index is 0.280. The lowest BCUT2D eigenvalue weighted by atomic mass is 10.0. The molecule has 0 bridgehead atoms. The summed E-state index contributed by atoms with van der Waals surface area (Å²) in [4.78, 5) is 2.26. The highest BCUT2D eigenvalue weighted by atomic mass is 16.3. The highest BCUT2D eigenvalue weighted by molar-refractivity contribution is 5.78. The lowest BCUT2D eigenvalue weighted by molar-refractivity contribution is 0.475. The van der Waals surface area contributed by atoms with Crippen LogP contribution in [-0.4, -0.2) is 5.11 Å². The molecule has 1 N–H and O–H groups in total. The maximum atomic E-state index is 9.75. The van der Waals surface area contributed by atoms with Gasteiger partial charge in [0.05, 0.1) is 0 Å². The van der Waals surface area contributed by atoms with Crippen molar-refractivity contribution in [2.45, 2.75) is 13.8 Å². The first kappa shape index (κ1) is 17.9. The number of phenols is 1. The molecule has 0 radical (unpaired) electrons. The van der Waals surface area contributed by atoms with Gasteiger partial charge in [-0.2, -0.15) is 0 Å². The first-order valence-corrected chi connectivity index (χ1v) is 9.43. The molecule has 4 aromatic rings. The smallest absolute Gasteiger partial charge is 0.116 e. The molecule has 138 valence electrons. The van der Waals surface area contributed by atoms with Gasteiger partial charge in [-0.3, -0.25) is 0 Å². The molecule has 0 spiro atoms. The molecule has 0 aliphatic carbocycles. The van der Waals surface area contributed by atoms with Crippen LogP contribution in [0.3, 0.4) is 0 Å². The van der Waals surface area contributed by atoms with E-state index in [0.29, 0.717) is 0 Å². The van der Waals surface area contributed by atoms with Crippen LogP contribution in [0, 0.1) is 13.8 Å². The Morgan fingerprint density at radius 2 is 1.00 bits per heavy atom. The van der Waals surface area contributed by atoms with E-state index in [2.05, 4.69) is 91.5 Å². The lowest BCUT2D eigenvalue weighted by Crippen LogP contribution is -2.09. The van der Waals surface area contributed by atoms with Gasteiger partial charge in [-0.25, -0.2) is 0 Å². The van der Waals surface area contributed by atoms with E-state index in [9.17, 15) is 5.11 Å². The third-order valence-electron chi connectivity index (χ3n) is 4.89. The molecule has 0 aromatic heterocycles. The average molecular weight is 365 g/mol.